The quantitative estimate of drug-likeness (QED) is 0.836. The summed E-state index contributed by atoms with van der Waals surface area (Å²) in [6.07, 6.45) is 2.12. The van der Waals surface area contributed by atoms with E-state index >= 15 is 0 Å². The number of aliphatic carboxylic acids is 1. The van der Waals surface area contributed by atoms with E-state index in [2.05, 4.69) is 19.2 Å². The molecule has 1 amide bonds. The van der Waals surface area contributed by atoms with Crippen LogP contribution in [0.4, 0.5) is 0 Å². The molecule has 1 aliphatic rings. The van der Waals surface area contributed by atoms with Crippen LogP contribution in [0, 0.1) is 11.3 Å². The fourth-order valence-corrected chi connectivity index (χ4v) is 2.53. The average Bonchev–Trinajstić information content (AvgIpc) is 3.12. The largest absolute Gasteiger partial charge is 0.480 e. The normalized spacial score (nSPS) is 25.8. The van der Waals surface area contributed by atoms with Gasteiger partial charge in [0, 0.05) is 12.3 Å². The fraction of sp³-hybridized carbons (Fsp3) is 0.500. The molecule has 2 N–H and O–H groups in total. The lowest BCUT2D eigenvalue weighted by molar-refractivity contribution is -0.142. The van der Waals surface area contributed by atoms with Crippen LogP contribution in [-0.4, -0.2) is 23.0 Å². The van der Waals surface area contributed by atoms with Gasteiger partial charge in [-0.15, -0.1) is 0 Å². The minimum atomic E-state index is -0.985. The van der Waals surface area contributed by atoms with Crippen LogP contribution in [0.5, 0.6) is 0 Å². The molecular formula is C16H21NO3. The average molecular weight is 275 g/mol. The second kappa shape index (κ2) is 5.65. The first-order chi connectivity index (χ1) is 9.46. The van der Waals surface area contributed by atoms with Gasteiger partial charge in [0.05, 0.1) is 0 Å². The number of benzene rings is 1. The Hall–Kier alpha value is -1.84. The number of amides is 1. The van der Waals surface area contributed by atoms with E-state index in [1.807, 2.05) is 30.3 Å². The van der Waals surface area contributed by atoms with Crippen molar-refractivity contribution in [3.8, 4) is 0 Å². The molecule has 0 radical (unpaired) electrons. The van der Waals surface area contributed by atoms with Crippen LogP contribution in [0.3, 0.4) is 0 Å². The molecule has 108 valence electrons. The molecule has 1 fully saturated rings. The van der Waals surface area contributed by atoms with Gasteiger partial charge < -0.3 is 10.4 Å². The standard InChI is InChI=1S/C16H21NO3/c1-3-16(2)10-12(16)14(18)17-13(15(19)20)9-11-7-5-4-6-8-11/h4-8,12-13H,3,9-10H2,1-2H3,(H,17,18)(H,19,20). The summed E-state index contributed by atoms with van der Waals surface area (Å²) in [7, 11) is 0. The first-order valence-corrected chi connectivity index (χ1v) is 7.03. The summed E-state index contributed by atoms with van der Waals surface area (Å²) >= 11 is 0. The van der Waals surface area contributed by atoms with Gasteiger partial charge in [-0.25, -0.2) is 4.79 Å². The predicted molar refractivity (Wildman–Crippen MR) is 76.2 cm³/mol. The molecule has 1 aromatic rings. The second-order valence-electron chi connectivity index (χ2n) is 5.85. The highest BCUT2D eigenvalue weighted by Gasteiger charge is 2.53. The summed E-state index contributed by atoms with van der Waals surface area (Å²) in [6.45, 7) is 4.14. The van der Waals surface area contributed by atoms with Gasteiger partial charge in [0.15, 0.2) is 0 Å². The molecule has 0 spiro atoms. The zero-order valence-electron chi connectivity index (χ0n) is 11.9. The van der Waals surface area contributed by atoms with Crippen LogP contribution in [0.1, 0.15) is 32.3 Å². The molecule has 0 aromatic heterocycles. The number of carboxylic acids is 1. The van der Waals surface area contributed by atoms with Gasteiger partial charge in [0.2, 0.25) is 5.91 Å². The van der Waals surface area contributed by atoms with Gasteiger partial charge in [-0.2, -0.15) is 0 Å². The summed E-state index contributed by atoms with van der Waals surface area (Å²) in [4.78, 5) is 23.4. The number of carboxylic acid groups (broad SMARTS) is 1. The maximum absolute atomic E-state index is 12.1. The van der Waals surface area contributed by atoms with Gasteiger partial charge in [-0.05, 0) is 23.8 Å². The van der Waals surface area contributed by atoms with E-state index in [-0.39, 0.29) is 17.2 Å². The molecule has 0 heterocycles. The Morgan fingerprint density at radius 1 is 1.40 bits per heavy atom. The smallest absolute Gasteiger partial charge is 0.326 e. The van der Waals surface area contributed by atoms with Gasteiger partial charge in [0.25, 0.3) is 0 Å². The van der Waals surface area contributed by atoms with Gasteiger partial charge >= 0.3 is 5.97 Å². The third-order valence-corrected chi connectivity index (χ3v) is 4.37. The van der Waals surface area contributed by atoms with E-state index in [0.717, 1.165) is 18.4 Å². The monoisotopic (exact) mass is 275 g/mol. The molecular weight excluding hydrogens is 254 g/mol. The zero-order valence-corrected chi connectivity index (χ0v) is 11.9. The fourth-order valence-electron chi connectivity index (χ4n) is 2.53. The predicted octanol–water partition coefficient (Wildman–Crippen LogP) is 2.23. The molecule has 0 aliphatic heterocycles. The first kappa shape index (κ1) is 14.6. The minimum absolute atomic E-state index is 0.0369. The van der Waals surface area contributed by atoms with Crippen LogP contribution in [0.25, 0.3) is 0 Å². The van der Waals surface area contributed by atoms with Crippen LogP contribution in [0.15, 0.2) is 30.3 Å². The Kier molecular flexibility index (Phi) is 4.12. The number of hydrogen-bond acceptors (Lipinski definition) is 2. The van der Waals surface area contributed by atoms with E-state index in [4.69, 9.17) is 0 Å². The minimum Gasteiger partial charge on any atom is -0.480 e. The lowest BCUT2D eigenvalue weighted by atomic mass is 10.0. The maximum atomic E-state index is 12.1. The Morgan fingerprint density at radius 2 is 2.05 bits per heavy atom. The van der Waals surface area contributed by atoms with Crippen LogP contribution >= 0.6 is 0 Å². The van der Waals surface area contributed by atoms with Gasteiger partial charge in [-0.3, -0.25) is 4.79 Å². The summed E-state index contributed by atoms with van der Waals surface area (Å²) in [6, 6.07) is 8.50. The molecule has 4 nitrogen and oxygen atoms in total. The Bertz CT molecular complexity index is 500. The lowest BCUT2D eigenvalue weighted by Gasteiger charge is -2.16. The van der Waals surface area contributed by atoms with Crippen molar-refractivity contribution < 1.29 is 14.7 Å². The molecule has 3 unspecified atom stereocenters. The number of nitrogens with one attached hydrogen (secondary N) is 1. The first-order valence-electron chi connectivity index (χ1n) is 7.03. The maximum Gasteiger partial charge on any atom is 0.326 e. The van der Waals surface area contributed by atoms with E-state index in [0.29, 0.717) is 6.42 Å². The molecule has 0 bridgehead atoms. The summed E-state index contributed by atoms with van der Waals surface area (Å²) in [5, 5.41) is 11.9. The van der Waals surface area contributed by atoms with Crippen molar-refractivity contribution in [1.82, 2.24) is 5.32 Å². The van der Waals surface area contributed by atoms with Crippen LogP contribution in [0.2, 0.25) is 0 Å². The second-order valence-corrected chi connectivity index (χ2v) is 5.85. The molecule has 20 heavy (non-hydrogen) atoms. The SMILES string of the molecule is CCC1(C)CC1C(=O)NC(Cc1ccccc1)C(=O)O. The summed E-state index contributed by atoms with van der Waals surface area (Å²) in [5.41, 5.74) is 0.967. The topological polar surface area (TPSA) is 66.4 Å². The highest BCUT2D eigenvalue weighted by molar-refractivity contribution is 5.87. The molecule has 4 heteroatoms. The van der Waals surface area contributed by atoms with Crippen LogP contribution in [-0.2, 0) is 16.0 Å². The molecule has 2 rings (SSSR count). The zero-order chi connectivity index (χ0) is 14.8. The van der Waals surface area contributed by atoms with Gasteiger partial charge in [-0.1, -0.05) is 44.2 Å². The number of hydrogen-bond donors (Lipinski definition) is 2. The van der Waals surface area contributed by atoms with E-state index in [9.17, 15) is 14.7 Å². The molecule has 3 atom stereocenters. The Morgan fingerprint density at radius 3 is 2.55 bits per heavy atom. The number of rotatable bonds is 6. The number of carbonyl (C=O) groups is 2. The highest BCUT2D eigenvalue weighted by Crippen LogP contribution is 2.54. The molecule has 1 aromatic carbocycles. The van der Waals surface area contributed by atoms with Crippen molar-refractivity contribution in [2.45, 2.75) is 39.2 Å². The third kappa shape index (κ3) is 3.18. The number of carbonyl (C=O) groups excluding carboxylic acids is 1. The lowest BCUT2D eigenvalue weighted by Crippen LogP contribution is -2.43. The van der Waals surface area contributed by atoms with Crippen molar-refractivity contribution in [2.75, 3.05) is 0 Å². The highest BCUT2D eigenvalue weighted by atomic mass is 16.4. The molecule has 1 saturated carbocycles. The van der Waals surface area contributed by atoms with Gasteiger partial charge in [0.1, 0.15) is 6.04 Å². The Balaban J connectivity index is 1.97. The van der Waals surface area contributed by atoms with Crippen molar-refractivity contribution in [3.63, 3.8) is 0 Å². The van der Waals surface area contributed by atoms with Crippen molar-refractivity contribution in [2.24, 2.45) is 11.3 Å². The van der Waals surface area contributed by atoms with E-state index in [1.165, 1.54) is 0 Å². The van der Waals surface area contributed by atoms with Crippen LogP contribution < -0.4 is 5.32 Å². The third-order valence-electron chi connectivity index (χ3n) is 4.37. The molecule has 1 aliphatic carbocycles. The van der Waals surface area contributed by atoms with E-state index < -0.39 is 12.0 Å². The van der Waals surface area contributed by atoms with Crippen molar-refractivity contribution >= 4 is 11.9 Å². The van der Waals surface area contributed by atoms with Crippen molar-refractivity contribution in [1.29, 1.82) is 0 Å². The Labute approximate surface area is 119 Å². The van der Waals surface area contributed by atoms with E-state index in [1.54, 1.807) is 0 Å². The summed E-state index contributed by atoms with van der Waals surface area (Å²) < 4.78 is 0. The summed E-state index contributed by atoms with van der Waals surface area (Å²) in [5.74, 6) is -1.15. The van der Waals surface area contributed by atoms with Crippen molar-refractivity contribution in [3.05, 3.63) is 35.9 Å². The molecule has 0 saturated heterocycles.